The highest BCUT2D eigenvalue weighted by molar-refractivity contribution is 6.25. The summed E-state index contributed by atoms with van der Waals surface area (Å²) >= 11 is 0. The highest BCUT2D eigenvalue weighted by Crippen LogP contribution is 2.47. The molecule has 3 heteroatoms. The molecule has 0 spiro atoms. The predicted octanol–water partition coefficient (Wildman–Crippen LogP) is 5.00. The molecule has 0 saturated carbocycles. The SMILES string of the molecule is B1OC(c2ccc3ccccc3c2)(c2ccc3ccccc3c2)C2CCCN12. The van der Waals surface area contributed by atoms with Gasteiger partial charge < -0.3 is 9.47 Å². The first-order valence-corrected chi connectivity index (χ1v) is 10.2. The summed E-state index contributed by atoms with van der Waals surface area (Å²) in [4.78, 5) is 2.52. The van der Waals surface area contributed by atoms with Crippen molar-refractivity contribution in [3.63, 3.8) is 0 Å². The minimum Gasteiger partial charge on any atom is -0.409 e. The Labute approximate surface area is 166 Å². The lowest BCUT2D eigenvalue weighted by atomic mass is 9.78. The molecule has 1 unspecified atom stereocenters. The molecule has 2 heterocycles. The Balaban J connectivity index is 1.60. The van der Waals surface area contributed by atoms with Gasteiger partial charge in [0.15, 0.2) is 0 Å². The van der Waals surface area contributed by atoms with Crippen LogP contribution in [0.5, 0.6) is 0 Å². The maximum absolute atomic E-state index is 6.70. The van der Waals surface area contributed by atoms with E-state index in [4.69, 9.17) is 4.65 Å². The van der Waals surface area contributed by atoms with E-state index in [1.54, 1.807) is 0 Å². The van der Waals surface area contributed by atoms with Crippen molar-refractivity contribution in [2.24, 2.45) is 0 Å². The highest BCUT2D eigenvalue weighted by Gasteiger charge is 2.53. The van der Waals surface area contributed by atoms with Crippen LogP contribution >= 0.6 is 0 Å². The predicted molar refractivity (Wildman–Crippen MR) is 117 cm³/mol. The van der Waals surface area contributed by atoms with Crippen LogP contribution in [-0.4, -0.2) is 25.0 Å². The summed E-state index contributed by atoms with van der Waals surface area (Å²) in [5, 5.41) is 5.11. The van der Waals surface area contributed by atoms with Crippen molar-refractivity contribution in [2.75, 3.05) is 6.54 Å². The van der Waals surface area contributed by atoms with Gasteiger partial charge in [0.1, 0.15) is 5.60 Å². The van der Waals surface area contributed by atoms with E-state index in [-0.39, 0.29) is 0 Å². The summed E-state index contributed by atoms with van der Waals surface area (Å²) in [7, 11) is 0.713. The maximum atomic E-state index is 6.70. The molecule has 4 aromatic carbocycles. The van der Waals surface area contributed by atoms with Crippen molar-refractivity contribution >= 4 is 29.2 Å². The first kappa shape index (κ1) is 16.3. The van der Waals surface area contributed by atoms with Crippen LogP contribution in [0.1, 0.15) is 24.0 Å². The number of benzene rings is 4. The van der Waals surface area contributed by atoms with Crippen LogP contribution in [0.25, 0.3) is 21.5 Å². The third-order valence-corrected chi connectivity index (χ3v) is 6.65. The van der Waals surface area contributed by atoms with Crippen molar-refractivity contribution in [3.05, 3.63) is 96.1 Å². The van der Waals surface area contributed by atoms with Gasteiger partial charge in [0.05, 0.1) is 0 Å². The Morgan fingerprint density at radius 2 is 1.32 bits per heavy atom. The van der Waals surface area contributed by atoms with E-state index in [1.165, 1.54) is 45.5 Å². The van der Waals surface area contributed by atoms with Gasteiger partial charge in [0.25, 0.3) is 0 Å². The summed E-state index contributed by atoms with van der Waals surface area (Å²) in [6.07, 6.45) is 2.43. The van der Waals surface area contributed by atoms with Crippen LogP contribution in [0.3, 0.4) is 0 Å². The van der Waals surface area contributed by atoms with Crippen molar-refractivity contribution < 1.29 is 4.65 Å². The van der Waals surface area contributed by atoms with Gasteiger partial charge in [-0.25, -0.2) is 0 Å². The van der Waals surface area contributed by atoms with E-state index >= 15 is 0 Å². The number of hydrogen-bond donors (Lipinski definition) is 0. The molecule has 0 N–H and O–H groups in total. The number of rotatable bonds is 2. The van der Waals surface area contributed by atoms with Gasteiger partial charge in [-0.1, -0.05) is 72.8 Å². The molecular formula is C25H22BNO. The van der Waals surface area contributed by atoms with Gasteiger partial charge in [0.2, 0.25) is 0 Å². The van der Waals surface area contributed by atoms with Gasteiger partial charge in [-0.2, -0.15) is 0 Å². The maximum Gasteiger partial charge on any atom is 0.364 e. The number of nitrogens with zero attached hydrogens (tertiary/aromatic N) is 1. The molecule has 2 aliphatic rings. The minimum atomic E-state index is -0.398. The molecule has 2 saturated heterocycles. The van der Waals surface area contributed by atoms with Crippen LogP contribution in [0, 0.1) is 0 Å². The molecule has 0 amide bonds. The summed E-state index contributed by atoms with van der Waals surface area (Å²) < 4.78 is 6.70. The van der Waals surface area contributed by atoms with Crippen molar-refractivity contribution in [2.45, 2.75) is 24.5 Å². The molecule has 0 aromatic heterocycles. The molecule has 6 rings (SSSR count). The van der Waals surface area contributed by atoms with Crippen LogP contribution in [0.4, 0.5) is 0 Å². The normalized spacial score (nSPS) is 21.1. The van der Waals surface area contributed by atoms with E-state index in [0.717, 1.165) is 6.54 Å². The van der Waals surface area contributed by atoms with Crippen molar-refractivity contribution in [1.82, 2.24) is 4.81 Å². The zero-order valence-corrected chi connectivity index (χ0v) is 15.8. The zero-order chi connectivity index (χ0) is 18.6. The molecule has 4 aromatic rings. The van der Waals surface area contributed by atoms with E-state index in [2.05, 4.69) is 89.7 Å². The van der Waals surface area contributed by atoms with E-state index in [1.807, 2.05) is 0 Å². The second-order valence-corrected chi connectivity index (χ2v) is 8.10. The van der Waals surface area contributed by atoms with E-state index in [0.29, 0.717) is 13.7 Å². The number of hydrogen-bond acceptors (Lipinski definition) is 2. The van der Waals surface area contributed by atoms with Gasteiger partial charge >= 0.3 is 7.62 Å². The smallest absolute Gasteiger partial charge is 0.364 e. The molecule has 2 aliphatic heterocycles. The fourth-order valence-electron chi connectivity index (χ4n) is 5.28. The van der Waals surface area contributed by atoms with Crippen molar-refractivity contribution in [1.29, 1.82) is 0 Å². The first-order chi connectivity index (χ1) is 13.8. The Kier molecular flexibility index (Phi) is 3.62. The largest absolute Gasteiger partial charge is 0.409 e. The second-order valence-electron chi connectivity index (χ2n) is 8.10. The Bertz CT molecular complexity index is 1110. The lowest BCUT2D eigenvalue weighted by molar-refractivity contribution is 0.109. The van der Waals surface area contributed by atoms with Crippen LogP contribution < -0.4 is 0 Å². The lowest BCUT2D eigenvalue weighted by Crippen LogP contribution is -2.40. The lowest BCUT2D eigenvalue weighted by Gasteiger charge is -2.36. The molecular weight excluding hydrogens is 341 g/mol. The minimum absolute atomic E-state index is 0.398. The topological polar surface area (TPSA) is 12.5 Å². The quantitative estimate of drug-likeness (QED) is 0.465. The fourth-order valence-corrected chi connectivity index (χ4v) is 5.28. The monoisotopic (exact) mass is 363 g/mol. The average molecular weight is 363 g/mol. The average Bonchev–Trinajstić information content (AvgIpc) is 3.36. The molecule has 136 valence electrons. The standard InChI is InChI=1S/C25H22BNO/c1-3-8-20-16-22(13-11-18(20)6-1)25(24-10-5-15-27(24)26-28-25)23-14-12-19-7-2-4-9-21(19)17-23/h1-4,6-9,11-14,16-17,24,26H,5,10,15H2. The Morgan fingerprint density at radius 3 is 1.93 bits per heavy atom. The third kappa shape index (κ3) is 2.30. The van der Waals surface area contributed by atoms with Crippen LogP contribution in [0.2, 0.25) is 0 Å². The first-order valence-electron chi connectivity index (χ1n) is 10.2. The molecule has 0 bridgehead atoms. The Morgan fingerprint density at radius 1 is 0.750 bits per heavy atom. The zero-order valence-electron chi connectivity index (χ0n) is 15.8. The molecule has 1 atom stereocenters. The molecule has 0 aliphatic carbocycles. The van der Waals surface area contributed by atoms with Gasteiger partial charge in [-0.05, 0) is 64.2 Å². The van der Waals surface area contributed by atoms with Crippen LogP contribution in [-0.2, 0) is 10.3 Å². The van der Waals surface area contributed by atoms with Crippen molar-refractivity contribution in [3.8, 4) is 0 Å². The Hall–Kier alpha value is -2.62. The van der Waals surface area contributed by atoms with Gasteiger partial charge in [-0.3, -0.25) is 0 Å². The molecule has 0 radical (unpaired) electrons. The van der Waals surface area contributed by atoms with Crippen LogP contribution in [0.15, 0.2) is 84.9 Å². The summed E-state index contributed by atoms with van der Waals surface area (Å²) in [6.45, 7) is 1.13. The van der Waals surface area contributed by atoms with E-state index in [9.17, 15) is 0 Å². The third-order valence-electron chi connectivity index (χ3n) is 6.65. The molecule has 28 heavy (non-hydrogen) atoms. The molecule has 2 fully saturated rings. The fraction of sp³-hybridized carbons (Fsp3) is 0.200. The van der Waals surface area contributed by atoms with E-state index < -0.39 is 5.60 Å². The summed E-state index contributed by atoms with van der Waals surface area (Å²) in [5.41, 5.74) is 2.15. The van der Waals surface area contributed by atoms with Gasteiger partial charge in [0, 0.05) is 6.04 Å². The summed E-state index contributed by atoms with van der Waals surface area (Å²) in [6, 6.07) is 31.3. The number of fused-ring (bicyclic) bond motifs is 3. The second kappa shape index (κ2) is 6.20. The highest BCUT2D eigenvalue weighted by atomic mass is 16.5. The van der Waals surface area contributed by atoms with Gasteiger partial charge in [-0.15, -0.1) is 0 Å². The molecule has 2 nitrogen and oxygen atoms in total. The summed E-state index contributed by atoms with van der Waals surface area (Å²) in [5.74, 6) is 0.